The Morgan fingerprint density at radius 2 is 1.29 bits per heavy atom. The zero-order chi connectivity index (χ0) is 19.3. The predicted molar refractivity (Wildman–Crippen MR) is 119 cm³/mol. The SMILES string of the molecule is Nc1ccc(-n2c3ccccc3c3cc(-c4cc(N)ccc4N)ccc32)cc1. The predicted octanol–water partition coefficient (Wildman–Crippen LogP) is 5.20. The summed E-state index contributed by atoms with van der Waals surface area (Å²) in [5, 5.41) is 2.37. The van der Waals surface area contributed by atoms with Gasteiger partial charge in [0.05, 0.1) is 11.0 Å². The molecule has 0 aliphatic carbocycles. The molecular weight excluding hydrogens is 344 g/mol. The Morgan fingerprint density at radius 3 is 2.11 bits per heavy atom. The van der Waals surface area contributed by atoms with E-state index in [1.807, 2.05) is 42.5 Å². The van der Waals surface area contributed by atoms with Gasteiger partial charge in [-0.3, -0.25) is 0 Å². The number of nitrogens with two attached hydrogens (primary N) is 3. The number of anilines is 3. The van der Waals surface area contributed by atoms with E-state index in [2.05, 4.69) is 47.0 Å². The molecule has 0 atom stereocenters. The zero-order valence-corrected chi connectivity index (χ0v) is 15.3. The molecular formula is C24H20N4. The number of nitrogen functional groups attached to an aromatic ring is 3. The Bertz CT molecular complexity index is 1330. The first-order chi connectivity index (χ1) is 13.6. The van der Waals surface area contributed by atoms with Crippen LogP contribution >= 0.6 is 0 Å². The van der Waals surface area contributed by atoms with Gasteiger partial charge in [0.2, 0.25) is 0 Å². The van der Waals surface area contributed by atoms with Crippen LogP contribution in [0.15, 0.2) is 84.9 Å². The highest BCUT2D eigenvalue weighted by atomic mass is 15.0. The second kappa shape index (κ2) is 6.06. The summed E-state index contributed by atoms with van der Waals surface area (Å²) in [4.78, 5) is 0. The highest BCUT2D eigenvalue weighted by Gasteiger charge is 2.13. The molecule has 4 aromatic carbocycles. The minimum Gasteiger partial charge on any atom is -0.399 e. The van der Waals surface area contributed by atoms with Crippen molar-refractivity contribution in [3.8, 4) is 16.8 Å². The molecule has 28 heavy (non-hydrogen) atoms. The van der Waals surface area contributed by atoms with Crippen molar-refractivity contribution in [2.75, 3.05) is 17.2 Å². The molecule has 5 rings (SSSR count). The van der Waals surface area contributed by atoms with Crippen LogP contribution in [0, 0.1) is 0 Å². The number of fused-ring (bicyclic) bond motifs is 3. The first-order valence-electron chi connectivity index (χ1n) is 9.16. The topological polar surface area (TPSA) is 83.0 Å². The fraction of sp³-hybridized carbons (Fsp3) is 0. The largest absolute Gasteiger partial charge is 0.399 e. The first-order valence-corrected chi connectivity index (χ1v) is 9.16. The molecule has 1 heterocycles. The van der Waals surface area contributed by atoms with Crippen molar-refractivity contribution in [1.82, 2.24) is 4.57 Å². The number of nitrogens with zero attached hydrogens (tertiary/aromatic N) is 1. The molecule has 0 radical (unpaired) electrons. The Morgan fingerprint density at radius 1 is 0.571 bits per heavy atom. The fourth-order valence-corrected chi connectivity index (χ4v) is 3.87. The number of rotatable bonds is 2. The van der Waals surface area contributed by atoms with Crippen molar-refractivity contribution >= 4 is 38.9 Å². The standard InChI is InChI=1S/C24H20N4/c25-16-6-9-18(10-7-16)28-23-4-2-1-3-19(23)21-13-15(5-12-24(21)28)20-14-17(26)8-11-22(20)27/h1-14H,25-27H2. The summed E-state index contributed by atoms with van der Waals surface area (Å²) < 4.78 is 2.26. The minimum absolute atomic E-state index is 0.702. The van der Waals surface area contributed by atoms with E-state index in [9.17, 15) is 0 Å². The van der Waals surface area contributed by atoms with Crippen LogP contribution in [0.4, 0.5) is 17.1 Å². The van der Waals surface area contributed by atoms with Crippen molar-refractivity contribution in [2.45, 2.75) is 0 Å². The van der Waals surface area contributed by atoms with Gasteiger partial charge in [-0.25, -0.2) is 0 Å². The van der Waals surface area contributed by atoms with Crippen LogP contribution in [0.5, 0.6) is 0 Å². The van der Waals surface area contributed by atoms with Gasteiger partial charge >= 0.3 is 0 Å². The molecule has 0 unspecified atom stereocenters. The Labute approximate surface area is 162 Å². The summed E-state index contributed by atoms with van der Waals surface area (Å²) in [5.41, 5.74) is 25.6. The number of hydrogen-bond donors (Lipinski definition) is 3. The third-order valence-electron chi connectivity index (χ3n) is 5.21. The van der Waals surface area contributed by atoms with Crippen LogP contribution in [0.1, 0.15) is 0 Å². The maximum Gasteiger partial charge on any atom is 0.0541 e. The van der Waals surface area contributed by atoms with Crippen molar-refractivity contribution in [1.29, 1.82) is 0 Å². The maximum absolute atomic E-state index is 6.22. The van der Waals surface area contributed by atoms with Gasteiger partial charge < -0.3 is 21.8 Å². The summed E-state index contributed by atoms with van der Waals surface area (Å²) in [6.07, 6.45) is 0. The van der Waals surface area contributed by atoms with E-state index in [1.165, 1.54) is 10.8 Å². The fourth-order valence-electron chi connectivity index (χ4n) is 3.87. The number of benzene rings is 4. The minimum atomic E-state index is 0.702. The molecule has 0 aliphatic heterocycles. The van der Waals surface area contributed by atoms with Gasteiger partial charge in [-0.1, -0.05) is 24.3 Å². The summed E-state index contributed by atoms with van der Waals surface area (Å²) in [7, 11) is 0. The molecule has 0 fully saturated rings. The lowest BCUT2D eigenvalue weighted by Crippen LogP contribution is -1.95. The molecule has 1 aromatic heterocycles. The first kappa shape index (κ1) is 16.3. The van der Waals surface area contributed by atoms with Crippen LogP contribution < -0.4 is 17.2 Å². The van der Waals surface area contributed by atoms with E-state index < -0.39 is 0 Å². The lowest BCUT2D eigenvalue weighted by Gasteiger charge is -2.10. The second-order valence-corrected chi connectivity index (χ2v) is 7.02. The molecule has 0 spiro atoms. The monoisotopic (exact) mass is 364 g/mol. The highest BCUT2D eigenvalue weighted by molar-refractivity contribution is 6.10. The van der Waals surface area contributed by atoms with Crippen LogP contribution in [-0.2, 0) is 0 Å². The smallest absolute Gasteiger partial charge is 0.0541 e. The van der Waals surface area contributed by atoms with Gasteiger partial charge in [0.25, 0.3) is 0 Å². The van der Waals surface area contributed by atoms with Gasteiger partial charge in [-0.05, 0) is 66.2 Å². The van der Waals surface area contributed by atoms with Crippen molar-refractivity contribution in [2.24, 2.45) is 0 Å². The zero-order valence-electron chi connectivity index (χ0n) is 15.3. The summed E-state index contributed by atoms with van der Waals surface area (Å²) in [5.74, 6) is 0. The normalized spacial score (nSPS) is 11.3. The van der Waals surface area contributed by atoms with E-state index in [0.717, 1.165) is 39.2 Å². The van der Waals surface area contributed by atoms with E-state index in [0.29, 0.717) is 5.69 Å². The van der Waals surface area contributed by atoms with Crippen molar-refractivity contribution in [3.63, 3.8) is 0 Å². The third-order valence-corrected chi connectivity index (χ3v) is 5.21. The lowest BCUT2D eigenvalue weighted by molar-refractivity contribution is 1.18. The van der Waals surface area contributed by atoms with E-state index in [1.54, 1.807) is 0 Å². The maximum atomic E-state index is 6.22. The van der Waals surface area contributed by atoms with E-state index in [-0.39, 0.29) is 0 Å². The molecule has 0 amide bonds. The molecule has 136 valence electrons. The van der Waals surface area contributed by atoms with E-state index in [4.69, 9.17) is 17.2 Å². The van der Waals surface area contributed by atoms with Gasteiger partial charge in [0, 0.05) is 39.1 Å². The molecule has 0 saturated heterocycles. The van der Waals surface area contributed by atoms with Gasteiger partial charge in [0.15, 0.2) is 0 Å². The highest BCUT2D eigenvalue weighted by Crippen LogP contribution is 2.36. The number of hydrogen-bond acceptors (Lipinski definition) is 3. The molecule has 4 heteroatoms. The van der Waals surface area contributed by atoms with Gasteiger partial charge in [0.1, 0.15) is 0 Å². The molecule has 0 bridgehead atoms. The Hall–Kier alpha value is -3.92. The number of para-hydroxylation sites is 1. The van der Waals surface area contributed by atoms with Crippen LogP contribution in [0.25, 0.3) is 38.6 Å². The average Bonchev–Trinajstić information content (AvgIpc) is 3.04. The molecule has 0 saturated carbocycles. The third kappa shape index (κ3) is 2.47. The Balaban J connectivity index is 1.82. The molecule has 5 aromatic rings. The van der Waals surface area contributed by atoms with Gasteiger partial charge in [-0.2, -0.15) is 0 Å². The lowest BCUT2D eigenvalue weighted by atomic mass is 10.0. The summed E-state index contributed by atoms with van der Waals surface area (Å²) >= 11 is 0. The summed E-state index contributed by atoms with van der Waals surface area (Å²) in [6, 6.07) is 28.4. The molecule has 6 N–H and O–H groups in total. The van der Waals surface area contributed by atoms with Crippen LogP contribution in [-0.4, -0.2) is 4.57 Å². The van der Waals surface area contributed by atoms with Crippen LogP contribution in [0.2, 0.25) is 0 Å². The van der Waals surface area contributed by atoms with Crippen molar-refractivity contribution in [3.05, 3.63) is 84.9 Å². The average molecular weight is 364 g/mol. The van der Waals surface area contributed by atoms with Crippen LogP contribution in [0.3, 0.4) is 0 Å². The van der Waals surface area contributed by atoms with Gasteiger partial charge in [-0.15, -0.1) is 0 Å². The van der Waals surface area contributed by atoms with E-state index >= 15 is 0 Å². The Kier molecular flexibility index (Phi) is 3.52. The van der Waals surface area contributed by atoms with Crippen molar-refractivity contribution < 1.29 is 0 Å². The molecule has 0 aliphatic rings. The molecule has 4 nitrogen and oxygen atoms in total. The number of aromatic nitrogens is 1. The summed E-state index contributed by atoms with van der Waals surface area (Å²) in [6.45, 7) is 0. The quantitative estimate of drug-likeness (QED) is 0.377. The second-order valence-electron chi connectivity index (χ2n) is 7.02.